The highest BCUT2D eigenvalue weighted by molar-refractivity contribution is 5.28. The third kappa shape index (κ3) is 2.76. The number of rotatable bonds is 1. The standard InChI is InChI=1S/C17H22O5/c1-4-5-6-9-12(18)13-14-15(22-16(2,3)20-14)17(21-13)10-7-8-11-19-17/h12-15,18H,7-8,10-11H2,1-3H3/t12?,13-,14-,15-,17-/m1/s1. The van der Waals surface area contributed by atoms with Crippen LogP contribution in [-0.4, -0.2) is 47.7 Å². The van der Waals surface area contributed by atoms with Gasteiger partial charge in [-0.3, -0.25) is 0 Å². The van der Waals surface area contributed by atoms with Crippen molar-refractivity contribution in [3.8, 4) is 23.7 Å². The van der Waals surface area contributed by atoms with E-state index in [-0.39, 0.29) is 6.10 Å². The third-order valence-electron chi connectivity index (χ3n) is 4.21. The molecule has 0 radical (unpaired) electrons. The molecule has 5 nitrogen and oxygen atoms in total. The Labute approximate surface area is 131 Å². The molecule has 0 aromatic carbocycles. The summed E-state index contributed by atoms with van der Waals surface area (Å²) in [4.78, 5) is 0. The predicted molar refractivity (Wildman–Crippen MR) is 78.5 cm³/mol. The molecule has 1 spiro atoms. The van der Waals surface area contributed by atoms with Gasteiger partial charge in [-0.05, 0) is 45.5 Å². The van der Waals surface area contributed by atoms with E-state index < -0.39 is 29.9 Å². The molecule has 0 aliphatic carbocycles. The lowest BCUT2D eigenvalue weighted by molar-refractivity contribution is -0.309. The Morgan fingerprint density at radius 3 is 2.64 bits per heavy atom. The molecule has 0 aromatic rings. The van der Waals surface area contributed by atoms with Crippen molar-refractivity contribution in [2.24, 2.45) is 0 Å². The summed E-state index contributed by atoms with van der Waals surface area (Å²) in [7, 11) is 0. The van der Waals surface area contributed by atoms with Crippen LogP contribution in [0.4, 0.5) is 0 Å². The molecule has 3 aliphatic rings. The van der Waals surface area contributed by atoms with Crippen molar-refractivity contribution >= 4 is 0 Å². The monoisotopic (exact) mass is 306 g/mol. The van der Waals surface area contributed by atoms with Gasteiger partial charge in [-0.25, -0.2) is 0 Å². The van der Waals surface area contributed by atoms with Crippen LogP contribution in [0.25, 0.3) is 0 Å². The summed E-state index contributed by atoms with van der Waals surface area (Å²) >= 11 is 0. The first-order valence-electron chi connectivity index (χ1n) is 7.75. The van der Waals surface area contributed by atoms with Crippen LogP contribution in [0.15, 0.2) is 0 Å². The van der Waals surface area contributed by atoms with Crippen molar-refractivity contribution in [3.05, 3.63) is 0 Å². The molecule has 120 valence electrons. The molecule has 5 atom stereocenters. The maximum atomic E-state index is 10.3. The van der Waals surface area contributed by atoms with Crippen molar-refractivity contribution in [2.75, 3.05) is 6.61 Å². The van der Waals surface area contributed by atoms with Crippen LogP contribution in [-0.2, 0) is 18.9 Å². The number of aliphatic hydroxyl groups excluding tert-OH is 1. The first kappa shape index (κ1) is 15.8. The van der Waals surface area contributed by atoms with E-state index in [1.165, 1.54) is 0 Å². The Morgan fingerprint density at radius 1 is 1.14 bits per heavy atom. The van der Waals surface area contributed by atoms with E-state index in [1.807, 2.05) is 13.8 Å². The summed E-state index contributed by atoms with van der Waals surface area (Å²) in [6.45, 7) is 6.05. The second-order valence-electron chi connectivity index (χ2n) is 6.31. The van der Waals surface area contributed by atoms with E-state index >= 15 is 0 Å². The van der Waals surface area contributed by atoms with Gasteiger partial charge in [-0.2, -0.15) is 0 Å². The van der Waals surface area contributed by atoms with Crippen LogP contribution >= 0.6 is 0 Å². The minimum Gasteiger partial charge on any atom is -0.377 e. The van der Waals surface area contributed by atoms with Crippen molar-refractivity contribution in [2.45, 2.75) is 76.0 Å². The molecule has 1 unspecified atom stereocenters. The van der Waals surface area contributed by atoms with Crippen molar-refractivity contribution < 1.29 is 24.1 Å². The first-order valence-corrected chi connectivity index (χ1v) is 7.75. The molecule has 3 aliphatic heterocycles. The van der Waals surface area contributed by atoms with Crippen LogP contribution in [0.1, 0.15) is 40.0 Å². The van der Waals surface area contributed by atoms with E-state index in [0.29, 0.717) is 6.61 Å². The highest BCUT2D eigenvalue weighted by atomic mass is 16.8. The molecule has 0 bridgehead atoms. The maximum absolute atomic E-state index is 10.3. The molecule has 3 saturated heterocycles. The molecular weight excluding hydrogens is 284 g/mol. The second kappa shape index (κ2) is 5.85. The fourth-order valence-electron chi connectivity index (χ4n) is 3.34. The number of hydrogen-bond acceptors (Lipinski definition) is 5. The van der Waals surface area contributed by atoms with E-state index in [4.69, 9.17) is 18.9 Å². The van der Waals surface area contributed by atoms with Gasteiger partial charge in [-0.15, -0.1) is 0 Å². The molecule has 1 N–H and O–H groups in total. The normalized spacial score (nSPS) is 40.3. The van der Waals surface area contributed by atoms with E-state index in [2.05, 4.69) is 23.7 Å². The van der Waals surface area contributed by atoms with Crippen molar-refractivity contribution in [1.29, 1.82) is 0 Å². The average molecular weight is 306 g/mol. The first-order chi connectivity index (χ1) is 10.5. The Kier molecular flexibility index (Phi) is 4.20. The fraction of sp³-hybridized carbons (Fsp3) is 0.765. The summed E-state index contributed by atoms with van der Waals surface area (Å²) in [5, 5.41) is 10.3. The van der Waals surface area contributed by atoms with Gasteiger partial charge in [0.15, 0.2) is 11.6 Å². The van der Waals surface area contributed by atoms with Crippen LogP contribution in [0, 0.1) is 23.7 Å². The highest BCUT2D eigenvalue weighted by Crippen LogP contribution is 2.48. The zero-order valence-corrected chi connectivity index (χ0v) is 13.2. The van der Waals surface area contributed by atoms with Gasteiger partial charge < -0.3 is 24.1 Å². The molecule has 0 amide bonds. The lowest BCUT2D eigenvalue weighted by atomic mass is 9.97. The summed E-state index contributed by atoms with van der Waals surface area (Å²) < 4.78 is 24.0. The van der Waals surface area contributed by atoms with Crippen molar-refractivity contribution in [3.63, 3.8) is 0 Å². The minimum absolute atomic E-state index is 0.346. The van der Waals surface area contributed by atoms with Crippen LogP contribution in [0.3, 0.4) is 0 Å². The average Bonchev–Trinajstić information content (AvgIpc) is 2.94. The van der Waals surface area contributed by atoms with Crippen molar-refractivity contribution in [1.82, 2.24) is 0 Å². The van der Waals surface area contributed by atoms with E-state index in [9.17, 15) is 5.11 Å². The van der Waals surface area contributed by atoms with Gasteiger partial charge in [0.25, 0.3) is 0 Å². The SMILES string of the molecule is CC#CC#CC(O)[C@H]1O[C@]2(CCCCO2)[C@@H]2OC(C)(C)O[C@H]12. The summed E-state index contributed by atoms with van der Waals surface area (Å²) in [5.74, 6) is 9.07. The lowest BCUT2D eigenvalue weighted by Gasteiger charge is -2.37. The molecule has 3 rings (SSSR count). The molecule has 0 saturated carbocycles. The number of aliphatic hydroxyl groups is 1. The summed E-state index contributed by atoms with van der Waals surface area (Å²) in [5.41, 5.74) is 0. The molecule has 0 aromatic heterocycles. The van der Waals surface area contributed by atoms with Gasteiger partial charge in [0.2, 0.25) is 0 Å². The Morgan fingerprint density at radius 2 is 1.95 bits per heavy atom. The van der Waals surface area contributed by atoms with Crippen LogP contribution in [0.5, 0.6) is 0 Å². The Hall–Kier alpha value is -1.08. The Balaban J connectivity index is 1.85. The second-order valence-corrected chi connectivity index (χ2v) is 6.31. The van der Waals surface area contributed by atoms with Gasteiger partial charge >= 0.3 is 0 Å². The summed E-state index contributed by atoms with van der Waals surface area (Å²) in [6.07, 6.45) is 0.411. The number of hydrogen-bond donors (Lipinski definition) is 1. The maximum Gasteiger partial charge on any atom is 0.198 e. The smallest absolute Gasteiger partial charge is 0.198 e. The number of fused-ring (bicyclic) bond motifs is 2. The topological polar surface area (TPSA) is 57.2 Å². The largest absolute Gasteiger partial charge is 0.377 e. The summed E-state index contributed by atoms with van der Waals surface area (Å²) in [6, 6.07) is 0. The van der Waals surface area contributed by atoms with Gasteiger partial charge in [0, 0.05) is 6.42 Å². The highest BCUT2D eigenvalue weighted by Gasteiger charge is 2.65. The molecule has 5 heteroatoms. The van der Waals surface area contributed by atoms with E-state index in [1.54, 1.807) is 6.92 Å². The minimum atomic E-state index is -0.990. The quantitative estimate of drug-likeness (QED) is 0.738. The van der Waals surface area contributed by atoms with Gasteiger partial charge in [-0.1, -0.05) is 11.8 Å². The third-order valence-corrected chi connectivity index (χ3v) is 4.21. The van der Waals surface area contributed by atoms with Crippen LogP contribution < -0.4 is 0 Å². The lowest BCUT2D eigenvalue weighted by Crippen LogP contribution is -2.47. The fourth-order valence-corrected chi connectivity index (χ4v) is 3.34. The van der Waals surface area contributed by atoms with Gasteiger partial charge in [0.1, 0.15) is 24.4 Å². The number of ether oxygens (including phenoxy) is 4. The molecule has 3 fully saturated rings. The zero-order valence-electron chi connectivity index (χ0n) is 13.2. The Bertz CT molecular complexity index is 541. The van der Waals surface area contributed by atoms with Gasteiger partial charge in [0.05, 0.1) is 6.61 Å². The molecular formula is C17H22O5. The molecule has 3 heterocycles. The zero-order chi connectivity index (χ0) is 15.8. The predicted octanol–water partition coefficient (Wildman–Crippen LogP) is 1.19. The van der Waals surface area contributed by atoms with E-state index in [0.717, 1.165) is 19.3 Å². The molecule has 22 heavy (non-hydrogen) atoms. The van der Waals surface area contributed by atoms with Crippen LogP contribution in [0.2, 0.25) is 0 Å².